The SMILES string of the molecule is C=C(Nc1cnccn1)N(CCCCCC)c1nc(-c2cncc(C(C)(F)F)c2)ccc1N. The van der Waals surface area contributed by atoms with Gasteiger partial charge >= 0.3 is 0 Å². The van der Waals surface area contributed by atoms with Crippen LogP contribution in [0.1, 0.15) is 45.1 Å². The van der Waals surface area contributed by atoms with Crippen molar-refractivity contribution in [2.75, 3.05) is 22.5 Å². The number of unbranched alkanes of at least 4 members (excludes halogenated alkanes) is 3. The van der Waals surface area contributed by atoms with Crippen molar-refractivity contribution in [3.05, 3.63) is 67.1 Å². The number of aromatic nitrogens is 4. The van der Waals surface area contributed by atoms with Crippen LogP contribution in [0.25, 0.3) is 11.3 Å². The molecule has 0 aliphatic carbocycles. The first-order valence-corrected chi connectivity index (χ1v) is 10.9. The van der Waals surface area contributed by atoms with Crippen LogP contribution in [0.4, 0.5) is 26.1 Å². The number of nitrogens with one attached hydrogen (secondary N) is 1. The van der Waals surface area contributed by atoms with Crippen molar-refractivity contribution in [2.45, 2.75) is 45.5 Å². The molecule has 0 aromatic carbocycles. The molecular formula is C24H29F2N7. The fourth-order valence-electron chi connectivity index (χ4n) is 3.30. The highest BCUT2D eigenvalue weighted by molar-refractivity contribution is 5.72. The Labute approximate surface area is 192 Å². The van der Waals surface area contributed by atoms with Gasteiger partial charge in [0.1, 0.15) is 11.6 Å². The number of pyridine rings is 2. The van der Waals surface area contributed by atoms with Crippen LogP contribution in [0.2, 0.25) is 0 Å². The first kappa shape index (κ1) is 24.0. The third-order valence-corrected chi connectivity index (χ3v) is 5.10. The molecule has 0 aliphatic rings. The summed E-state index contributed by atoms with van der Waals surface area (Å²) in [4.78, 5) is 18.9. The molecule has 0 bridgehead atoms. The van der Waals surface area contributed by atoms with Crippen molar-refractivity contribution in [3.63, 3.8) is 0 Å². The highest BCUT2D eigenvalue weighted by Gasteiger charge is 2.25. The molecule has 0 saturated heterocycles. The van der Waals surface area contributed by atoms with E-state index in [2.05, 4.69) is 33.8 Å². The van der Waals surface area contributed by atoms with Gasteiger partial charge in [0.15, 0.2) is 5.82 Å². The number of nitrogens with two attached hydrogens (primary N) is 1. The van der Waals surface area contributed by atoms with Gasteiger partial charge in [0.2, 0.25) is 0 Å². The number of nitrogens with zero attached hydrogens (tertiary/aromatic N) is 5. The van der Waals surface area contributed by atoms with Gasteiger partial charge in [-0.2, -0.15) is 0 Å². The van der Waals surface area contributed by atoms with Crippen LogP contribution in [-0.4, -0.2) is 26.5 Å². The lowest BCUT2D eigenvalue weighted by Crippen LogP contribution is -2.29. The van der Waals surface area contributed by atoms with Crippen LogP contribution in [0.3, 0.4) is 0 Å². The minimum absolute atomic E-state index is 0.176. The standard InChI is InChI=1S/C24H29F2N7/c1-4-5-6-7-12-33(17(2)31-22-16-28-10-11-30-22)23-20(27)8-9-21(32-23)18-13-19(15-29-14-18)24(3,25)26/h8-11,13-16H,2,4-7,12,27H2,1,3H3,(H,30,31). The second kappa shape index (κ2) is 10.8. The fourth-order valence-corrected chi connectivity index (χ4v) is 3.30. The van der Waals surface area contributed by atoms with Gasteiger partial charge in [-0.1, -0.05) is 32.8 Å². The van der Waals surface area contributed by atoms with Crippen LogP contribution in [0.15, 0.2) is 61.6 Å². The Morgan fingerprint density at radius 1 is 1.12 bits per heavy atom. The van der Waals surface area contributed by atoms with E-state index in [0.29, 0.717) is 40.9 Å². The first-order valence-electron chi connectivity index (χ1n) is 10.9. The van der Waals surface area contributed by atoms with E-state index in [1.165, 1.54) is 12.3 Å². The summed E-state index contributed by atoms with van der Waals surface area (Å²) < 4.78 is 27.6. The van der Waals surface area contributed by atoms with Gasteiger partial charge in [-0.25, -0.2) is 18.7 Å². The van der Waals surface area contributed by atoms with Crippen LogP contribution in [0.5, 0.6) is 0 Å². The summed E-state index contributed by atoms with van der Waals surface area (Å²) in [5.41, 5.74) is 7.53. The lowest BCUT2D eigenvalue weighted by Gasteiger charge is -2.27. The second-order valence-corrected chi connectivity index (χ2v) is 7.83. The quantitative estimate of drug-likeness (QED) is 0.365. The van der Waals surface area contributed by atoms with Crippen molar-refractivity contribution in [3.8, 4) is 11.3 Å². The zero-order chi connectivity index (χ0) is 23.8. The summed E-state index contributed by atoms with van der Waals surface area (Å²) in [6.45, 7) is 7.77. The Hall–Kier alpha value is -3.62. The number of halogens is 2. The molecule has 3 rings (SSSR count). The second-order valence-electron chi connectivity index (χ2n) is 7.83. The minimum atomic E-state index is -3.00. The number of hydrogen-bond acceptors (Lipinski definition) is 7. The van der Waals surface area contributed by atoms with Gasteiger partial charge in [-0.05, 0) is 24.6 Å². The van der Waals surface area contributed by atoms with Crippen LogP contribution < -0.4 is 16.0 Å². The van der Waals surface area contributed by atoms with E-state index in [4.69, 9.17) is 10.7 Å². The Balaban J connectivity index is 1.94. The van der Waals surface area contributed by atoms with E-state index in [0.717, 1.165) is 38.8 Å². The summed E-state index contributed by atoms with van der Waals surface area (Å²) in [5, 5.41) is 3.15. The fraction of sp³-hybridized carbons (Fsp3) is 0.333. The van der Waals surface area contributed by atoms with Crippen LogP contribution in [0, 0.1) is 0 Å². The largest absolute Gasteiger partial charge is 0.396 e. The molecule has 3 heterocycles. The average molecular weight is 454 g/mol. The van der Waals surface area contributed by atoms with E-state index in [1.54, 1.807) is 30.7 Å². The van der Waals surface area contributed by atoms with Gasteiger partial charge < -0.3 is 16.0 Å². The normalized spacial score (nSPS) is 11.3. The summed E-state index contributed by atoms with van der Waals surface area (Å²) in [5.74, 6) is -1.44. The van der Waals surface area contributed by atoms with Gasteiger partial charge in [0, 0.05) is 49.4 Å². The molecule has 0 fully saturated rings. The summed E-state index contributed by atoms with van der Waals surface area (Å²) >= 11 is 0. The van der Waals surface area contributed by atoms with Gasteiger partial charge in [-0.3, -0.25) is 9.97 Å². The number of hydrogen-bond donors (Lipinski definition) is 2. The summed E-state index contributed by atoms with van der Waals surface area (Å²) in [7, 11) is 0. The molecule has 0 amide bonds. The molecule has 0 radical (unpaired) electrons. The Bertz CT molecular complexity index is 1070. The lowest BCUT2D eigenvalue weighted by atomic mass is 10.1. The van der Waals surface area contributed by atoms with E-state index in [1.807, 2.05) is 4.90 Å². The van der Waals surface area contributed by atoms with Gasteiger partial charge in [0.25, 0.3) is 5.92 Å². The van der Waals surface area contributed by atoms with E-state index < -0.39 is 5.92 Å². The number of nitrogen functional groups attached to an aromatic ring is 1. The van der Waals surface area contributed by atoms with Gasteiger partial charge in [0.05, 0.1) is 17.6 Å². The molecule has 3 aromatic heterocycles. The average Bonchev–Trinajstić information content (AvgIpc) is 2.80. The molecule has 0 spiro atoms. The molecule has 0 unspecified atom stereocenters. The zero-order valence-corrected chi connectivity index (χ0v) is 18.9. The Morgan fingerprint density at radius 3 is 2.64 bits per heavy atom. The summed E-state index contributed by atoms with van der Waals surface area (Å²) in [6.07, 6.45) is 11.6. The lowest BCUT2D eigenvalue weighted by molar-refractivity contribution is 0.0171. The molecule has 174 valence electrons. The maximum Gasteiger partial charge on any atom is 0.272 e. The molecule has 3 aromatic rings. The van der Waals surface area contributed by atoms with Crippen LogP contribution >= 0.6 is 0 Å². The summed E-state index contributed by atoms with van der Waals surface area (Å²) in [6, 6.07) is 4.80. The highest BCUT2D eigenvalue weighted by Crippen LogP contribution is 2.32. The third-order valence-electron chi connectivity index (χ3n) is 5.10. The number of rotatable bonds is 11. The molecule has 3 N–H and O–H groups in total. The predicted molar refractivity (Wildman–Crippen MR) is 128 cm³/mol. The van der Waals surface area contributed by atoms with Crippen molar-refractivity contribution in [2.24, 2.45) is 0 Å². The molecule has 33 heavy (non-hydrogen) atoms. The monoisotopic (exact) mass is 453 g/mol. The maximum absolute atomic E-state index is 13.8. The maximum atomic E-state index is 13.8. The third kappa shape index (κ3) is 6.44. The predicted octanol–water partition coefficient (Wildman–Crippen LogP) is 5.60. The van der Waals surface area contributed by atoms with E-state index in [9.17, 15) is 8.78 Å². The number of alkyl halides is 2. The number of anilines is 3. The van der Waals surface area contributed by atoms with Gasteiger partial charge in [-0.15, -0.1) is 0 Å². The topological polar surface area (TPSA) is 92.9 Å². The van der Waals surface area contributed by atoms with Crippen molar-refractivity contribution in [1.82, 2.24) is 19.9 Å². The molecule has 0 atom stereocenters. The van der Waals surface area contributed by atoms with Crippen molar-refractivity contribution >= 4 is 17.3 Å². The van der Waals surface area contributed by atoms with Crippen molar-refractivity contribution < 1.29 is 8.78 Å². The van der Waals surface area contributed by atoms with Crippen molar-refractivity contribution in [1.29, 1.82) is 0 Å². The molecule has 0 aliphatic heterocycles. The first-order chi connectivity index (χ1) is 15.8. The Morgan fingerprint density at radius 2 is 1.94 bits per heavy atom. The van der Waals surface area contributed by atoms with Crippen LogP contribution in [-0.2, 0) is 5.92 Å². The van der Waals surface area contributed by atoms with E-state index in [-0.39, 0.29) is 5.56 Å². The Kier molecular flexibility index (Phi) is 7.87. The van der Waals surface area contributed by atoms with E-state index >= 15 is 0 Å². The smallest absolute Gasteiger partial charge is 0.272 e. The minimum Gasteiger partial charge on any atom is -0.396 e. The molecular weight excluding hydrogens is 424 g/mol. The molecule has 7 nitrogen and oxygen atoms in total. The molecule has 0 saturated carbocycles. The molecule has 9 heteroatoms. The zero-order valence-electron chi connectivity index (χ0n) is 18.9. The highest BCUT2D eigenvalue weighted by atomic mass is 19.3.